The lowest BCUT2D eigenvalue weighted by atomic mass is 10.0. The van der Waals surface area contributed by atoms with Crippen LogP contribution in [0, 0.1) is 0 Å². The van der Waals surface area contributed by atoms with E-state index >= 15 is 0 Å². The van der Waals surface area contributed by atoms with Crippen molar-refractivity contribution < 1.29 is 8.99 Å². The minimum atomic E-state index is 0.915. The summed E-state index contributed by atoms with van der Waals surface area (Å²) in [6.07, 6.45) is 10.8. The molecule has 0 fully saturated rings. The number of hydrogen-bond acceptors (Lipinski definition) is 1. The molecule has 0 spiro atoms. The summed E-state index contributed by atoms with van der Waals surface area (Å²) in [5, 5.41) is 3.59. The molecule has 1 heterocycles. The molecule has 0 bridgehead atoms. The van der Waals surface area contributed by atoms with E-state index < -0.39 is 0 Å². The highest BCUT2D eigenvalue weighted by Gasteiger charge is 2.20. The van der Waals surface area contributed by atoms with E-state index in [4.69, 9.17) is 4.42 Å². The first-order chi connectivity index (χ1) is 13.2. The SMILES string of the molecule is C[N+](C)=C1C=CC(=Cc2c3oc4ccccc4cc-3c3ccccc23)C=C1. The van der Waals surface area contributed by atoms with Crippen molar-refractivity contribution in [2.45, 2.75) is 0 Å². The fourth-order valence-electron chi connectivity index (χ4n) is 3.73. The van der Waals surface area contributed by atoms with Crippen LogP contribution in [0.25, 0.3) is 39.1 Å². The Kier molecular flexibility index (Phi) is 3.58. The first kappa shape index (κ1) is 15.8. The monoisotopic (exact) mass is 350 g/mol. The topological polar surface area (TPSA) is 16.1 Å². The van der Waals surface area contributed by atoms with E-state index in [9.17, 15) is 0 Å². The molecule has 0 N–H and O–H groups in total. The second kappa shape index (κ2) is 6.10. The van der Waals surface area contributed by atoms with Crippen LogP contribution in [0.4, 0.5) is 0 Å². The predicted octanol–water partition coefficient (Wildman–Crippen LogP) is 5.91. The summed E-state index contributed by atoms with van der Waals surface area (Å²) in [6, 6.07) is 19.0. The van der Waals surface area contributed by atoms with Gasteiger partial charge in [0, 0.05) is 28.7 Å². The fourth-order valence-corrected chi connectivity index (χ4v) is 3.73. The van der Waals surface area contributed by atoms with Gasteiger partial charge in [-0.05, 0) is 46.7 Å². The third-order valence-corrected chi connectivity index (χ3v) is 5.15. The highest BCUT2D eigenvalue weighted by Crippen LogP contribution is 2.42. The van der Waals surface area contributed by atoms with Gasteiger partial charge >= 0.3 is 0 Å². The Morgan fingerprint density at radius 2 is 1.52 bits per heavy atom. The summed E-state index contributed by atoms with van der Waals surface area (Å²) in [5.74, 6) is 0.951. The van der Waals surface area contributed by atoms with E-state index in [1.165, 1.54) is 27.6 Å². The van der Waals surface area contributed by atoms with E-state index in [1.54, 1.807) is 0 Å². The lowest BCUT2D eigenvalue weighted by molar-refractivity contribution is -0.462. The van der Waals surface area contributed by atoms with E-state index in [-0.39, 0.29) is 0 Å². The number of nitrogens with zero attached hydrogens (tertiary/aromatic N) is 1. The van der Waals surface area contributed by atoms with Crippen LogP contribution in [0.5, 0.6) is 0 Å². The minimum Gasteiger partial charge on any atom is -0.455 e. The maximum absolute atomic E-state index is 6.36. The molecule has 0 amide bonds. The molecule has 0 saturated carbocycles. The summed E-state index contributed by atoms with van der Waals surface area (Å²) < 4.78 is 8.47. The molecular formula is C25H20NO+. The molecule has 5 rings (SSSR count). The van der Waals surface area contributed by atoms with Gasteiger partial charge in [-0.2, -0.15) is 0 Å². The Hall–Kier alpha value is -3.39. The lowest BCUT2D eigenvalue weighted by Gasteiger charge is -2.06. The third kappa shape index (κ3) is 2.61. The van der Waals surface area contributed by atoms with Crippen molar-refractivity contribution in [3.8, 4) is 11.3 Å². The highest BCUT2D eigenvalue weighted by atomic mass is 16.3. The molecule has 3 aliphatic rings. The van der Waals surface area contributed by atoms with Gasteiger partial charge in [-0.15, -0.1) is 0 Å². The molecule has 2 aromatic carbocycles. The molecule has 1 aliphatic heterocycles. The predicted molar refractivity (Wildman–Crippen MR) is 114 cm³/mol. The molecular weight excluding hydrogens is 330 g/mol. The van der Waals surface area contributed by atoms with Gasteiger partial charge in [-0.25, -0.2) is 4.58 Å². The van der Waals surface area contributed by atoms with Crippen LogP contribution in [0.3, 0.4) is 0 Å². The summed E-state index contributed by atoms with van der Waals surface area (Å²) in [4.78, 5) is 0. The number of fused-ring (bicyclic) bond motifs is 4. The van der Waals surface area contributed by atoms with E-state index in [0.29, 0.717) is 0 Å². The molecule has 0 atom stereocenters. The van der Waals surface area contributed by atoms with Crippen molar-refractivity contribution in [2.75, 3.05) is 14.1 Å². The zero-order chi connectivity index (χ0) is 18.4. The number of rotatable bonds is 1. The molecule has 0 unspecified atom stereocenters. The number of para-hydroxylation sites is 1. The van der Waals surface area contributed by atoms with E-state index in [2.05, 4.69) is 85.4 Å². The second-order valence-corrected chi connectivity index (χ2v) is 7.12. The van der Waals surface area contributed by atoms with Gasteiger partial charge in [0.15, 0.2) is 5.71 Å². The maximum atomic E-state index is 6.36. The highest BCUT2D eigenvalue weighted by molar-refractivity contribution is 6.10. The van der Waals surface area contributed by atoms with Crippen LogP contribution in [0.15, 0.2) is 88.9 Å². The van der Waals surface area contributed by atoms with Crippen LogP contribution < -0.4 is 0 Å². The van der Waals surface area contributed by atoms with Gasteiger partial charge in [0.05, 0.1) is 0 Å². The van der Waals surface area contributed by atoms with Gasteiger partial charge in [0.25, 0.3) is 0 Å². The molecule has 0 aromatic heterocycles. The number of benzene rings is 2. The zero-order valence-electron chi connectivity index (χ0n) is 15.4. The Bertz CT molecular complexity index is 1260. The molecule has 0 saturated heterocycles. The van der Waals surface area contributed by atoms with Gasteiger partial charge in [0.2, 0.25) is 0 Å². The molecule has 130 valence electrons. The average Bonchev–Trinajstić information content (AvgIpc) is 3.00. The van der Waals surface area contributed by atoms with Gasteiger partial charge < -0.3 is 4.42 Å². The smallest absolute Gasteiger partial charge is 0.199 e. The van der Waals surface area contributed by atoms with Crippen molar-refractivity contribution in [1.82, 2.24) is 0 Å². The van der Waals surface area contributed by atoms with Gasteiger partial charge in [-0.1, -0.05) is 42.5 Å². The van der Waals surface area contributed by atoms with Crippen LogP contribution in [-0.4, -0.2) is 24.4 Å². The van der Waals surface area contributed by atoms with Crippen LogP contribution >= 0.6 is 0 Å². The lowest BCUT2D eigenvalue weighted by Crippen LogP contribution is -2.09. The largest absolute Gasteiger partial charge is 0.455 e. The minimum absolute atomic E-state index is 0.915. The zero-order valence-corrected chi connectivity index (χ0v) is 15.4. The first-order valence-corrected chi connectivity index (χ1v) is 9.16. The molecule has 2 aliphatic carbocycles. The first-order valence-electron chi connectivity index (χ1n) is 9.16. The summed E-state index contributed by atoms with van der Waals surface area (Å²) in [5.41, 5.74) is 5.59. The fraction of sp³-hybridized carbons (Fsp3) is 0.0800. The van der Waals surface area contributed by atoms with Crippen LogP contribution in [0.1, 0.15) is 5.56 Å². The van der Waals surface area contributed by atoms with Crippen molar-refractivity contribution in [1.29, 1.82) is 0 Å². The van der Waals surface area contributed by atoms with Gasteiger partial charge in [0.1, 0.15) is 25.4 Å². The van der Waals surface area contributed by atoms with Crippen molar-refractivity contribution >= 4 is 33.5 Å². The Morgan fingerprint density at radius 1 is 0.815 bits per heavy atom. The van der Waals surface area contributed by atoms with E-state index in [0.717, 1.165) is 22.3 Å². The standard InChI is InChI=1S/C25H20NO/c1-26(2)19-13-11-17(12-14-19)15-22-20-8-4-5-9-21(20)23-16-18-7-3-6-10-24(18)27-25(22)23/h3-16H,1-2H3/q+1. The second-order valence-electron chi connectivity index (χ2n) is 7.12. The van der Waals surface area contributed by atoms with E-state index in [1.807, 2.05) is 18.2 Å². The molecule has 0 radical (unpaired) electrons. The quantitative estimate of drug-likeness (QED) is 0.390. The van der Waals surface area contributed by atoms with Crippen molar-refractivity contribution in [2.24, 2.45) is 0 Å². The average molecular weight is 350 g/mol. The Labute approximate surface area is 158 Å². The van der Waals surface area contributed by atoms with Crippen molar-refractivity contribution in [3.63, 3.8) is 0 Å². The number of allylic oxidation sites excluding steroid dienone is 5. The summed E-state index contributed by atoms with van der Waals surface area (Å²) in [7, 11) is 4.11. The van der Waals surface area contributed by atoms with Crippen LogP contribution in [-0.2, 0) is 0 Å². The summed E-state index contributed by atoms with van der Waals surface area (Å²) in [6.45, 7) is 0. The molecule has 2 heteroatoms. The third-order valence-electron chi connectivity index (χ3n) is 5.15. The number of hydrogen-bond donors (Lipinski definition) is 0. The van der Waals surface area contributed by atoms with Crippen LogP contribution in [0.2, 0.25) is 0 Å². The molecule has 2 nitrogen and oxygen atoms in total. The Balaban J connectivity index is 1.77. The molecule has 2 aromatic rings. The normalized spacial score (nSPS) is 13.9. The Morgan fingerprint density at radius 3 is 2.30 bits per heavy atom. The van der Waals surface area contributed by atoms with Crippen molar-refractivity contribution in [3.05, 3.63) is 90.0 Å². The summed E-state index contributed by atoms with van der Waals surface area (Å²) >= 11 is 0. The molecule has 27 heavy (non-hydrogen) atoms. The maximum Gasteiger partial charge on any atom is 0.199 e. The van der Waals surface area contributed by atoms with Gasteiger partial charge in [-0.3, -0.25) is 0 Å².